The van der Waals surface area contributed by atoms with E-state index in [1.807, 2.05) is 56.3 Å². The van der Waals surface area contributed by atoms with Gasteiger partial charge in [-0.05, 0) is 70.1 Å². The molecular weight excluding hydrogens is 491 g/mol. The maximum absolute atomic E-state index is 6.18. The van der Waals surface area contributed by atoms with Crippen LogP contribution in [-0.4, -0.2) is 43.7 Å². The van der Waals surface area contributed by atoms with Crippen molar-refractivity contribution in [1.29, 1.82) is 0 Å². The van der Waals surface area contributed by atoms with Gasteiger partial charge in [0.05, 0.1) is 25.8 Å². The van der Waals surface area contributed by atoms with Gasteiger partial charge in [-0.15, -0.1) is 24.0 Å². The molecule has 1 aliphatic rings. The number of likely N-dealkylation sites (tertiary alicyclic amines) is 1. The molecule has 0 spiro atoms. The van der Waals surface area contributed by atoms with Crippen molar-refractivity contribution in [2.24, 2.45) is 10.7 Å². The molecule has 1 heterocycles. The van der Waals surface area contributed by atoms with Crippen molar-refractivity contribution in [2.45, 2.75) is 38.8 Å². The molecule has 0 radical (unpaired) electrons. The van der Waals surface area contributed by atoms with E-state index in [1.165, 1.54) is 12.8 Å². The zero-order chi connectivity index (χ0) is 20.6. The van der Waals surface area contributed by atoms with Crippen molar-refractivity contribution in [2.75, 3.05) is 32.1 Å². The lowest BCUT2D eigenvalue weighted by molar-refractivity contribution is 0.242. The van der Waals surface area contributed by atoms with E-state index >= 15 is 0 Å². The quantitative estimate of drug-likeness (QED) is 0.299. The fourth-order valence-electron chi connectivity index (χ4n) is 3.67. The molecule has 0 saturated carbocycles. The largest absolute Gasteiger partial charge is 0.496 e. The van der Waals surface area contributed by atoms with E-state index in [0.717, 1.165) is 35.8 Å². The lowest BCUT2D eigenvalue weighted by atomic mass is 10.0. The first kappa shape index (κ1) is 24.3. The van der Waals surface area contributed by atoms with Crippen molar-refractivity contribution < 1.29 is 9.47 Å². The minimum atomic E-state index is 0. The van der Waals surface area contributed by atoms with Crippen molar-refractivity contribution in [3.63, 3.8) is 0 Å². The number of nitrogens with zero attached hydrogens (tertiary/aromatic N) is 2. The molecule has 0 aliphatic carbocycles. The SMILES string of the molecule is COc1ccccc1C(CN=C(N)Nc1ccc(OC(C)C)cc1)N1CCCC1.I. The molecule has 0 aromatic heterocycles. The molecule has 0 amide bonds. The van der Waals surface area contributed by atoms with E-state index in [0.29, 0.717) is 12.5 Å². The van der Waals surface area contributed by atoms with Gasteiger partial charge >= 0.3 is 0 Å². The molecule has 1 unspecified atom stereocenters. The molecular formula is C23H33IN4O2. The Bertz CT molecular complexity index is 805. The third-order valence-corrected chi connectivity index (χ3v) is 5.01. The van der Waals surface area contributed by atoms with Crippen LogP contribution < -0.4 is 20.5 Å². The van der Waals surface area contributed by atoms with E-state index in [4.69, 9.17) is 15.2 Å². The van der Waals surface area contributed by atoms with Crippen molar-refractivity contribution in [3.8, 4) is 11.5 Å². The van der Waals surface area contributed by atoms with Crippen LogP contribution in [0.3, 0.4) is 0 Å². The zero-order valence-electron chi connectivity index (χ0n) is 18.0. The Balaban J connectivity index is 0.00000320. The van der Waals surface area contributed by atoms with Gasteiger partial charge in [0.25, 0.3) is 0 Å². The minimum absolute atomic E-state index is 0. The van der Waals surface area contributed by atoms with E-state index in [2.05, 4.69) is 21.3 Å². The highest BCUT2D eigenvalue weighted by atomic mass is 127. The fraction of sp³-hybridized carbons (Fsp3) is 0.435. The number of aliphatic imine (C=N–C) groups is 1. The summed E-state index contributed by atoms with van der Waals surface area (Å²) in [6, 6.07) is 16.1. The highest BCUT2D eigenvalue weighted by molar-refractivity contribution is 14.0. The molecule has 1 aliphatic heterocycles. The molecule has 7 heteroatoms. The van der Waals surface area contributed by atoms with Gasteiger partial charge in [0, 0.05) is 11.3 Å². The second-order valence-corrected chi connectivity index (χ2v) is 7.54. The Morgan fingerprint density at radius 3 is 2.40 bits per heavy atom. The molecule has 30 heavy (non-hydrogen) atoms. The van der Waals surface area contributed by atoms with Gasteiger partial charge in [0.1, 0.15) is 11.5 Å². The zero-order valence-corrected chi connectivity index (χ0v) is 20.3. The predicted molar refractivity (Wildman–Crippen MR) is 134 cm³/mol. The molecule has 6 nitrogen and oxygen atoms in total. The molecule has 3 rings (SSSR count). The summed E-state index contributed by atoms with van der Waals surface area (Å²) in [6.07, 6.45) is 2.58. The van der Waals surface area contributed by atoms with Crippen LogP contribution in [-0.2, 0) is 0 Å². The molecule has 3 N–H and O–H groups in total. The first-order valence-corrected chi connectivity index (χ1v) is 10.3. The van der Waals surface area contributed by atoms with Gasteiger partial charge in [0.15, 0.2) is 5.96 Å². The van der Waals surface area contributed by atoms with Crippen LogP contribution in [0.15, 0.2) is 53.5 Å². The van der Waals surface area contributed by atoms with Gasteiger partial charge in [-0.3, -0.25) is 9.89 Å². The predicted octanol–water partition coefficient (Wildman–Crippen LogP) is 4.66. The molecule has 1 atom stereocenters. The van der Waals surface area contributed by atoms with E-state index < -0.39 is 0 Å². The summed E-state index contributed by atoms with van der Waals surface area (Å²) < 4.78 is 11.3. The first-order chi connectivity index (χ1) is 14.1. The smallest absolute Gasteiger partial charge is 0.193 e. The number of nitrogens with one attached hydrogen (secondary N) is 1. The second-order valence-electron chi connectivity index (χ2n) is 7.54. The van der Waals surface area contributed by atoms with Crippen LogP contribution in [0.4, 0.5) is 5.69 Å². The monoisotopic (exact) mass is 524 g/mol. The minimum Gasteiger partial charge on any atom is -0.496 e. The van der Waals surface area contributed by atoms with Crippen molar-refractivity contribution >= 4 is 35.6 Å². The summed E-state index contributed by atoms with van der Waals surface area (Å²) in [6.45, 7) is 6.74. The highest BCUT2D eigenvalue weighted by Gasteiger charge is 2.25. The van der Waals surface area contributed by atoms with Gasteiger partial charge in [-0.2, -0.15) is 0 Å². The lowest BCUT2D eigenvalue weighted by Gasteiger charge is -2.28. The molecule has 1 fully saturated rings. The number of methoxy groups -OCH3 is 1. The molecule has 164 valence electrons. The summed E-state index contributed by atoms with van der Waals surface area (Å²) in [5.74, 6) is 2.14. The maximum atomic E-state index is 6.18. The van der Waals surface area contributed by atoms with Crippen LogP contribution in [0.1, 0.15) is 38.3 Å². The summed E-state index contributed by atoms with van der Waals surface area (Å²) in [7, 11) is 1.71. The third-order valence-electron chi connectivity index (χ3n) is 5.01. The number of anilines is 1. The van der Waals surface area contributed by atoms with Crippen LogP contribution in [0.25, 0.3) is 0 Å². The van der Waals surface area contributed by atoms with E-state index in [-0.39, 0.29) is 36.1 Å². The molecule has 0 bridgehead atoms. The number of hydrogen-bond donors (Lipinski definition) is 2. The molecule has 2 aromatic rings. The van der Waals surface area contributed by atoms with Crippen LogP contribution in [0.2, 0.25) is 0 Å². The first-order valence-electron chi connectivity index (χ1n) is 10.3. The second kappa shape index (κ2) is 12.0. The van der Waals surface area contributed by atoms with Gasteiger partial charge in [-0.1, -0.05) is 18.2 Å². The lowest BCUT2D eigenvalue weighted by Crippen LogP contribution is -2.30. The van der Waals surface area contributed by atoms with E-state index in [9.17, 15) is 0 Å². The van der Waals surface area contributed by atoms with Gasteiger partial charge < -0.3 is 20.5 Å². The number of rotatable bonds is 8. The third kappa shape index (κ3) is 6.77. The summed E-state index contributed by atoms with van der Waals surface area (Å²) >= 11 is 0. The summed E-state index contributed by atoms with van der Waals surface area (Å²) in [5, 5.41) is 3.17. The standard InChI is InChI=1S/C23H32N4O2.HI/c1-17(2)29-19-12-10-18(11-13-19)26-23(24)25-16-21(27-14-6-7-15-27)20-8-4-5-9-22(20)28-3;/h4-5,8-13,17,21H,6-7,14-16H2,1-3H3,(H3,24,25,26);1H. The van der Waals surface area contributed by atoms with E-state index in [1.54, 1.807) is 7.11 Å². The number of halogens is 1. The molecule has 2 aromatic carbocycles. The number of nitrogens with two attached hydrogens (primary N) is 1. The molecule has 1 saturated heterocycles. The number of hydrogen-bond acceptors (Lipinski definition) is 4. The summed E-state index contributed by atoms with van der Waals surface area (Å²) in [5.41, 5.74) is 8.22. The van der Waals surface area contributed by atoms with Crippen molar-refractivity contribution in [1.82, 2.24) is 4.90 Å². The van der Waals surface area contributed by atoms with Crippen LogP contribution in [0, 0.1) is 0 Å². The highest BCUT2D eigenvalue weighted by Crippen LogP contribution is 2.31. The summed E-state index contributed by atoms with van der Waals surface area (Å²) in [4.78, 5) is 7.11. The maximum Gasteiger partial charge on any atom is 0.193 e. The Labute approximate surface area is 196 Å². The van der Waals surface area contributed by atoms with Gasteiger partial charge in [-0.25, -0.2) is 0 Å². The van der Waals surface area contributed by atoms with Crippen molar-refractivity contribution in [3.05, 3.63) is 54.1 Å². The average molecular weight is 524 g/mol. The van der Waals surface area contributed by atoms with Gasteiger partial charge in [0.2, 0.25) is 0 Å². The van der Waals surface area contributed by atoms with Crippen LogP contribution >= 0.6 is 24.0 Å². The Morgan fingerprint density at radius 2 is 1.77 bits per heavy atom. The Hall–Kier alpha value is -2.00. The topological polar surface area (TPSA) is 72.1 Å². The van der Waals surface area contributed by atoms with Crippen LogP contribution in [0.5, 0.6) is 11.5 Å². The number of guanidine groups is 1. The fourth-order valence-corrected chi connectivity index (χ4v) is 3.67. The normalized spacial score (nSPS) is 15.5. The number of ether oxygens (including phenoxy) is 2. The number of benzene rings is 2. The Kier molecular flexibility index (Phi) is 9.71. The Morgan fingerprint density at radius 1 is 1.10 bits per heavy atom. The number of para-hydroxylation sites is 1. The average Bonchev–Trinajstić information content (AvgIpc) is 3.24.